The summed E-state index contributed by atoms with van der Waals surface area (Å²) in [5.41, 5.74) is 1.87. The number of likely N-dealkylation sites (N-methyl/N-ethyl adjacent to an activating group) is 1. The molecule has 3 heterocycles. The normalized spacial score (nSPS) is 22.2. The van der Waals surface area contributed by atoms with Crippen molar-refractivity contribution in [3.05, 3.63) is 53.1 Å². The highest BCUT2D eigenvalue weighted by Crippen LogP contribution is 2.38. The molecule has 1 spiro atoms. The van der Waals surface area contributed by atoms with Crippen molar-refractivity contribution in [2.24, 2.45) is 5.41 Å². The molecule has 0 saturated carbocycles. The van der Waals surface area contributed by atoms with Gasteiger partial charge in [0.25, 0.3) is 5.91 Å². The fourth-order valence-electron chi connectivity index (χ4n) is 5.18. The maximum absolute atomic E-state index is 13.7. The number of fused-ring (bicyclic) bond motifs is 1. The number of para-hydroxylation sites is 1. The standard InChI is InChI=1S/C26H34N4O3/c1-19-22(17-27-20(2)28-19)24(31)30-14-8-13-26(18-30)12-7-6-10-21-9-4-5-11-23(21)33-16-15-29(3)25(26)32/h4-5,9,11,17H,6-8,10,12-16,18H2,1-3H3. The Labute approximate surface area is 196 Å². The Kier molecular flexibility index (Phi) is 6.96. The van der Waals surface area contributed by atoms with Crippen LogP contribution in [-0.2, 0) is 11.2 Å². The number of aryl methyl sites for hydroxylation is 3. The van der Waals surface area contributed by atoms with E-state index in [0.29, 0.717) is 43.3 Å². The quantitative estimate of drug-likeness (QED) is 0.664. The van der Waals surface area contributed by atoms with Crippen molar-refractivity contribution in [1.29, 1.82) is 0 Å². The van der Waals surface area contributed by atoms with Crippen LogP contribution >= 0.6 is 0 Å². The van der Waals surface area contributed by atoms with Gasteiger partial charge in [-0.2, -0.15) is 0 Å². The van der Waals surface area contributed by atoms with E-state index in [1.807, 2.05) is 44.0 Å². The molecule has 1 atom stereocenters. The third kappa shape index (κ3) is 5.02. The number of benzene rings is 1. The van der Waals surface area contributed by atoms with Crippen LogP contribution in [0.5, 0.6) is 5.75 Å². The Morgan fingerprint density at radius 3 is 2.70 bits per heavy atom. The molecule has 7 nitrogen and oxygen atoms in total. The van der Waals surface area contributed by atoms with E-state index in [2.05, 4.69) is 16.0 Å². The molecule has 2 amide bonds. The molecule has 1 fully saturated rings. The summed E-state index contributed by atoms with van der Waals surface area (Å²) >= 11 is 0. The molecule has 33 heavy (non-hydrogen) atoms. The first kappa shape index (κ1) is 23.2. The van der Waals surface area contributed by atoms with Crippen molar-refractivity contribution < 1.29 is 14.3 Å². The number of nitrogens with zero attached hydrogens (tertiary/aromatic N) is 4. The van der Waals surface area contributed by atoms with E-state index in [9.17, 15) is 9.59 Å². The summed E-state index contributed by atoms with van der Waals surface area (Å²) in [6.07, 6.45) is 6.87. The zero-order valence-corrected chi connectivity index (χ0v) is 20.0. The summed E-state index contributed by atoms with van der Waals surface area (Å²) in [7, 11) is 1.85. The monoisotopic (exact) mass is 450 g/mol. The molecule has 0 bridgehead atoms. The Hall–Kier alpha value is -2.96. The molecular formula is C26H34N4O3. The van der Waals surface area contributed by atoms with Crippen molar-refractivity contribution in [2.75, 3.05) is 33.3 Å². The van der Waals surface area contributed by atoms with E-state index < -0.39 is 5.41 Å². The van der Waals surface area contributed by atoms with Gasteiger partial charge >= 0.3 is 0 Å². The van der Waals surface area contributed by atoms with Crippen LogP contribution in [0.3, 0.4) is 0 Å². The number of rotatable bonds is 1. The minimum atomic E-state index is -0.555. The van der Waals surface area contributed by atoms with E-state index in [-0.39, 0.29) is 11.8 Å². The van der Waals surface area contributed by atoms with Crippen LogP contribution in [-0.4, -0.2) is 64.9 Å². The third-order valence-corrected chi connectivity index (χ3v) is 7.00. The molecule has 1 aromatic carbocycles. The first-order valence-electron chi connectivity index (χ1n) is 12.0. The fourth-order valence-corrected chi connectivity index (χ4v) is 5.18. The molecule has 1 aromatic heterocycles. The first-order chi connectivity index (χ1) is 15.9. The lowest BCUT2D eigenvalue weighted by Gasteiger charge is -2.44. The number of amides is 2. The predicted octanol–water partition coefficient (Wildman–Crippen LogP) is 3.58. The lowest BCUT2D eigenvalue weighted by Crippen LogP contribution is -2.54. The van der Waals surface area contributed by atoms with E-state index in [1.54, 1.807) is 11.1 Å². The van der Waals surface area contributed by atoms with Crippen LogP contribution in [0.4, 0.5) is 0 Å². The Morgan fingerprint density at radius 1 is 1.09 bits per heavy atom. The Morgan fingerprint density at radius 2 is 1.88 bits per heavy atom. The molecule has 4 rings (SSSR count). The van der Waals surface area contributed by atoms with Gasteiger partial charge in [0, 0.05) is 26.3 Å². The molecule has 1 saturated heterocycles. The average Bonchev–Trinajstić information content (AvgIpc) is 2.81. The second-order valence-electron chi connectivity index (χ2n) is 9.42. The molecule has 1 unspecified atom stereocenters. The lowest BCUT2D eigenvalue weighted by molar-refractivity contribution is -0.144. The zero-order valence-electron chi connectivity index (χ0n) is 20.0. The predicted molar refractivity (Wildman–Crippen MR) is 126 cm³/mol. The van der Waals surface area contributed by atoms with E-state index in [0.717, 1.165) is 44.3 Å². The summed E-state index contributed by atoms with van der Waals surface area (Å²) in [4.78, 5) is 39.3. The highest BCUT2D eigenvalue weighted by Gasteiger charge is 2.44. The average molecular weight is 451 g/mol. The van der Waals surface area contributed by atoms with E-state index >= 15 is 0 Å². The maximum Gasteiger partial charge on any atom is 0.257 e. The number of aromatic nitrogens is 2. The zero-order chi connectivity index (χ0) is 23.4. The topological polar surface area (TPSA) is 75.6 Å². The van der Waals surface area contributed by atoms with Crippen LogP contribution in [0, 0.1) is 19.3 Å². The SMILES string of the molecule is Cc1ncc(C(=O)N2CCCC3(CCCCc4ccccc4OCCN(C)C3=O)C2)c(C)n1. The van der Waals surface area contributed by atoms with Crippen LogP contribution in [0.1, 0.15) is 59.5 Å². The lowest BCUT2D eigenvalue weighted by atomic mass is 9.74. The number of carbonyl (C=O) groups is 2. The van der Waals surface area contributed by atoms with Gasteiger partial charge in [-0.3, -0.25) is 9.59 Å². The van der Waals surface area contributed by atoms with Gasteiger partial charge in [0.15, 0.2) is 0 Å². The van der Waals surface area contributed by atoms with E-state index in [1.165, 1.54) is 5.56 Å². The molecule has 2 aliphatic rings. The number of carbonyl (C=O) groups excluding carboxylic acids is 2. The van der Waals surface area contributed by atoms with Crippen molar-refractivity contribution in [3.8, 4) is 5.75 Å². The van der Waals surface area contributed by atoms with Crippen LogP contribution in [0.25, 0.3) is 0 Å². The van der Waals surface area contributed by atoms with Gasteiger partial charge in [-0.25, -0.2) is 9.97 Å². The molecule has 0 radical (unpaired) electrons. The highest BCUT2D eigenvalue weighted by atomic mass is 16.5. The number of likely N-dealkylation sites (tertiary alicyclic amines) is 1. The summed E-state index contributed by atoms with van der Waals surface area (Å²) in [6, 6.07) is 8.17. The van der Waals surface area contributed by atoms with Crippen LogP contribution < -0.4 is 4.74 Å². The van der Waals surface area contributed by atoms with Gasteiger partial charge in [0.1, 0.15) is 18.2 Å². The smallest absolute Gasteiger partial charge is 0.257 e. The third-order valence-electron chi connectivity index (χ3n) is 7.00. The van der Waals surface area contributed by atoms with Crippen LogP contribution in [0.2, 0.25) is 0 Å². The van der Waals surface area contributed by atoms with Crippen molar-refractivity contribution >= 4 is 11.8 Å². The molecule has 2 aromatic rings. The largest absolute Gasteiger partial charge is 0.491 e. The second-order valence-corrected chi connectivity index (χ2v) is 9.42. The van der Waals surface area contributed by atoms with Crippen molar-refractivity contribution in [1.82, 2.24) is 19.8 Å². The summed E-state index contributed by atoms with van der Waals surface area (Å²) in [5, 5.41) is 0. The summed E-state index contributed by atoms with van der Waals surface area (Å²) in [5.74, 6) is 1.61. The highest BCUT2D eigenvalue weighted by molar-refractivity contribution is 5.95. The number of ether oxygens (including phenoxy) is 1. The minimum absolute atomic E-state index is 0.0783. The fraction of sp³-hybridized carbons (Fsp3) is 0.538. The number of hydrogen-bond acceptors (Lipinski definition) is 5. The minimum Gasteiger partial charge on any atom is -0.491 e. The number of piperidine rings is 1. The molecule has 2 aliphatic heterocycles. The number of hydrogen-bond donors (Lipinski definition) is 0. The van der Waals surface area contributed by atoms with Crippen molar-refractivity contribution in [3.63, 3.8) is 0 Å². The molecule has 7 heteroatoms. The van der Waals surface area contributed by atoms with Gasteiger partial charge in [-0.05, 0) is 57.6 Å². The molecular weight excluding hydrogens is 416 g/mol. The molecule has 0 aliphatic carbocycles. The van der Waals surface area contributed by atoms with Crippen molar-refractivity contribution in [2.45, 2.75) is 52.4 Å². The van der Waals surface area contributed by atoms with Gasteiger partial charge in [-0.1, -0.05) is 24.6 Å². The first-order valence-corrected chi connectivity index (χ1v) is 12.0. The maximum atomic E-state index is 13.7. The Bertz CT molecular complexity index is 1020. The van der Waals surface area contributed by atoms with Gasteiger partial charge < -0.3 is 14.5 Å². The van der Waals surface area contributed by atoms with Gasteiger partial charge in [-0.15, -0.1) is 0 Å². The summed E-state index contributed by atoms with van der Waals surface area (Å²) in [6.45, 7) is 5.74. The van der Waals surface area contributed by atoms with Gasteiger partial charge in [0.05, 0.1) is 23.2 Å². The second kappa shape index (κ2) is 9.89. The van der Waals surface area contributed by atoms with Crippen LogP contribution in [0.15, 0.2) is 30.5 Å². The van der Waals surface area contributed by atoms with E-state index in [4.69, 9.17) is 4.74 Å². The Balaban J connectivity index is 1.55. The molecule has 176 valence electrons. The summed E-state index contributed by atoms with van der Waals surface area (Å²) < 4.78 is 6.02. The van der Waals surface area contributed by atoms with Gasteiger partial charge in [0.2, 0.25) is 5.91 Å². The molecule has 0 N–H and O–H groups in total.